The maximum Gasteiger partial charge on any atom is 0.223 e. The maximum absolute atomic E-state index is 12.5. The normalized spacial score (nSPS) is 30.5. The van der Waals surface area contributed by atoms with E-state index in [1.165, 1.54) is 56.9 Å². The summed E-state index contributed by atoms with van der Waals surface area (Å²) >= 11 is 0. The van der Waals surface area contributed by atoms with Crippen molar-refractivity contribution >= 4 is 5.91 Å². The molecule has 22 heavy (non-hydrogen) atoms. The number of likely N-dealkylation sites (tertiary alicyclic amines) is 1. The summed E-state index contributed by atoms with van der Waals surface area (Å²) in [4.78, 5) is 14.7. The van der Waals surface area contributed by atoms with Crippen molar-refractivity contribution in [2.24, 2.45) is 11.3 Å². The van der Waals surface area contributed by atoms with Crippen molar-refractivity contribution < 1.29 is 4.79 Å². The predicted octanol–water partition coefficient (Wildman–Crippen LogP) is 4.54. The summed E-state index contributed by atoms with van der Waals surface area (Å²) in [6.07, 6.45) is 11.8. The second kappa shape index (κ2) is 5.72. The fraction of sp³-hybridized carbons (Fsp3) is 0.650. The van der Waals surface area contributed by atoms with Crippen molar-refractivity contribution in [3.05, 3.63) is 35.9 Å². The molecule has 0 N–H and O–H groups in total. The van der Waals surface area contributed by atoms with Crippen molar-refractivity contribution in [3.63, 3.8) is 0 Å². The van der Waals surface area contributed by atoms with Crippen LogP contribution in [0.5, 0.6) is 0 Å². The van der Waals surface area contributed by atoms with Crippen molar-refractivity contribution in [1.29, 1.82) is 0 Å². The fourth-order valence-electron chi connectivity index (χ4n) is 5.37. The lowest BCUT2D eigenvalue weighted by Gasteiger charge is -2.46. The van der Waals surface area contributed by atoms with E-state index in [0.29, 0.717) is 23.3 Å². The maximum atomic E-state index is 12.5. The minimum atomic E-state index is 0.395. The monoisotopic (exact) mass is 297 g/mol. The van der Waals surface area contributed by atoms with Crippen LogP contribution < -0.4 is 0 Å². The number of hydrogen-bond acceptors (Lipinski definition) is 1. The molecule has 0 radical (unpaired) electrons. The smallest absolute Gasteiger partial charge is 0.223 e. The molecule has 1 aromatic carbocycles. The summed E-state index contributed by atoms with van der Waals surface area (Å²) in [7, 11) is 0. The van der Waals surface area contributed by atoms with Crippen LogP contribution in [0.1, 0.15) is 63.4 Å². The first kappa shape index (κ1) is 14.3. The number of carbonyl (C=O) groups is 1. The number of nitrogens with zero attached hydrogens (tertiary/aromatic N) is 1. The van der Waals surface area contributed by atoms with Crippen molar-refractivity contribution in [1.82, 2.24) is 4.90 Å². The molecule has 1 spiro atoms. The van der Waals surface area contributed by atoms with Gasteiger partial charge in [0.25, 0.3) is 0 Å². The van der Waals surface area contributed by atoms with Crippen LogP contribution in [0, 0.1) is 11.3 Å². The number of rotatable bonds is 2. The standard InChI is InChI=1S/C20H27NO/c22-19-13-17-14-20(10-5-2-6-11-20)12-9-18(17)21(19)15-16-7-3-1-4-8-16/h1,3-4,7-8,17-18H,2,5-6,9-15H2/t17-,18+/m1/s1. The molecule has 2 saturated carbocycles. The number of carbonyl (C=O) groups excluding carboxylic acids is 1. The molecule has 0 bridgehead atoms. The van der Waals surface area contributed by atoms with Crippen LogP contribution in [-0.4, -0.2) is 16.8 Å². The van der Waals surface area contributed by atoms with Gasteiger partial charge in [-0.2, -0.15) is 0 Å². The highest BCUT2D eigenvalue weighted by molar-refractivity contribution is 5.79. The zero-order valence-electron chi connectivity index (χ0n) is 13.5. The highest BCUT2D eigenvalue weighted by Gasteiger charge is 2.48. The van der Waals surface area contributed by atoms with Crippen LogP contribution in [0.25, 0.3) is 0 Å². The van der Waals surface area contributed by atoms with E-state index in [-0.39, 0.29) is 0 Å². The zero-order chi connectivity index (χ0) is 15.0. The third-order valence-corrected chi connectivity index (χ3v) is 6.48. The Morgan fingerprint density at radius 2 is 1.82 bits per heavy atom. The largest absolute Gasteiger partial charge is 0.335 e. The summed E-state index contributed by atoms with van der Waals surface area (Å²) in [5.74, 6) is 1.02. The van der Waals surface area contributed by atoms with E-state index in [1.54, 1.807) is 0 Å². The van der Waals surface area contributed by atoms with Crippen molar-refractivity contribution in [2.75, 3.05) is 0 Å². The molecular formula is C20H27NO. The summed E-state index contributed by atoms with van der Waals surface area (Å²) < 4.78 is 0. The minimum Gasteiger partial charge on any atom is -0.335 e. The molecule has 3 fully saturated rings. The molecule has 2 atom stereocenters. The number of amides is 1. The van der Waals surface area contributed by atoms with Gasteiger partial charge in [0.1, 0.15) is 0 Å². The Kier molecular flexibility index (Phi) is 3.71. The van der Waals surface area contributed by atoms with E-state index < -0.39 is 0 Å². The van der Waals surface area contributed by atoms with Crippen LogP contribution >= 0.6 is 0 Å². The van der Waals surface area contributed by atoms with Gasteiger partial charge in [0.15, 0.2) is 0 Å². The van der Waals surface area contributed by atoms with Crippen LogP contribution in [0.2, 0.25) is 0 Å². The molecule has 2 aliphatic carbocycles. The van der Waals surface area contributed by atoms with Gasteiger partial charge in [-0.3, -0.25) is 4.79 Å². The highest BCUT2D eigenvalue weighted by atomic mass is 16.2. The van der Waals surface area contributed by atoms with Gasteiger partial charge in [-0.15, -0.1) is 0 Å². The molecule has 4 rings (SSSR count). The quantitative estimate of drug-likeness (QED) is 0.785. The average molecular weight is 297 g/mol. The third-order valence-electron chi connectivity index (χ3n) is 6.48. The summed E-state index contributed by atoms with van der Waals surface area (Å²) in [6, 6.07) is 11.0. The van der Waals surface area contributed by atoms with Crippen molar-refractivity contribution in [2.45, 2.75) is 70.4 Å². The van der Waals surface area contributed by atoms with Crippen LogP contribution in [0.4, 0.5) is 0 Å². The van der Waals surface area contributed by atoms with Gasteiger partial charge in [0, 0.05) is 19.0 Å². The topological polar surface area (TPSA) is 20.3 Å². The average Bonchev–Trinajstić information content (AvgIpc) is 2.84. The molecule has 1 heterocycles. The molecule has 2 heteroatoms. The van der Waals surface area contributed by atoms with Crippen LogP contribution in [0.15, 0.2) is 30.3 Å². The van der Waals surface area contributed by atoms with E-state index in [1.807, 2.05) is 6.07 Å². The van der Waals surface area contributed by atoms with E-state index in [2.05, 4.69) is 29.2 Å². The lowest BCUT2D eigenvalue weighted by atomic mass is 9.61. The van der Waals surface area contributed by atoms with E-state index in [0.717, 1.165) is 13.0 Å². The van der Waals surface area contributed by atoms with Gasteiger partial charge in [0.05, 0.1) is 0 Å². The molecule has 118 valence electrons. The summed E-state index contributed by atoms with van der Waals surface area (Å²) in [5.41, 5.74) is 1.87. The first-order chi connectivity index (χ1) is 10.8. The Balaban J connectivity index is 1.47. The molecule has 1 aromatic rings. The second-order valence-electron chi connectivity index (χ2n) is 7.84. The first-order valence-corrected chi connectivity index (χ1v) is 9.09. The van der Waals surface area contributed by atoms with Gasteiger partial charge >= 0.3 is 0 Å². The molecule has 1 saturated heterocycles. The molecule has 3 aliphatic rings. The fourth-order valence-corrected chi connectivity index (χ4v) is 5.37. The molecule has 1 amide bonds. The molecule has 1 aliphatic heterocycles. The van der Waals surface area contributed by atoms with E-state index >= 15 is 0 Å². The molecule has 0 unspecified atom stereocenters. The zero-order valence-corrected chi connectivity index (χ0v) is 13.5. The van der Waals surface area contributed by atoms with E-state index in [9.17, 15) is 4.79 Å². The van der Waals surface area contributed by atoms with Gasteiger partial charge in [0.2, 0.25) is 5.91 Å². The molecular weight excluding hydrogens is 270 g/mol. The lowest BCUT2D eigenvalue weighted by Crippen LogP contribution is -2.42. The highest BCUT2D eigenvalue weighted by Crippen LogP contribution is 2.52. The van der Waals surface area contributed by atoms with Gasteiger partial charge in [-0.25, -0.2) is 0 Å². The lowest BCUT2D eigenvalue weighted by molar-refractivity contribution is -0.129. The third kappa shape index (κ3) is 2.57. The van der Waals surface area contributed by atoms with E-state index in [4.69, 9.17) is 0 Å². The van der Waals surface area contributed by atoms with Crippen molar-refractivity contribution in [3.8, 4) is 0 Å². The number of benzene rings is 1. The number of fused-ring (bicyclic) bond motifs is 1. The Bertz CT molecular complexity index is 532. The Morgan fingerprint density at radius 1 is 1.05 bits per heavy atom. The number of hydrogen-bond donors (Lipinski definition) is 0. The minimum absolute atomic E-state index is 0.395. The molecule has 0 aromatic heterocycles. The predicted molar refractivity (Wildman–Crippen MR) is 88.3 cm³/mol. The van der Waals surface area contributed by atoms with Gasteiger partial charge in [-0.05, 0) is 49.0 Å². The Labute approximate surface area is 133 Å². The Hall–Kier alpha value is -1.31. The Morgan fingerprint density at radius 3 is 2.59 bits per heavy atom. The summed E-state index contributed by atoms with van der Waals surface area (Å²) in [5, 5.41) is 0. The second-order valence-corrected chi connectivity index (χ2v) is 7.84. The summed E-state index contributed by atoms with van der Waals surface area (Å²) in [6.45, 7) is 0.813. The molecule has 2 nitrogen and oxygen atoms in total. The van der Waals surface area contributed by atoms with Gasteiger partial charge in [-0.1, -0.05) is 49.6 Å². The SMILES string of the molecule is O=C1C[C@@H]2CC3(CCCCC3)CC[C@@H]2N1Cc1ccccc1. The first-order valence-electron chi connectivity index (χ1n) is 9.09. The van der Waals surface area contributed by atoms with Gasteiger partial charge < -0.3 is 4.90 Å². The van der Waals surface area contributed by atoms with Crippen LogP contribution in [-0.2, 0) is 11.3 Å². The van der Waals surface area contributed by atoms with Crippen LogP contribution in [0.3, 0.4) is 0 Å².